The number of rotatable bonds is 7. The Labute approximate surface area is 172 Å². The standard InChI is InChI=1S/C20H22N6O2S/c1-11(27-4)9-28-15-6-5-14(7-21-15)8-22-19-18-17(23-10-24-19)16-12(2)13(3)25-26-20(16)29-18/h5-7,10-11H,8-9H2,1-4H3,(H,22,23,24)/t11-/m0/s1. The Balaban J connectivity index is 1.52. The zero-order valence-electron chi connectivity index (χ0n) is 16.8. The SMILES string of the molecule is CO[C@@H](C)COc1ccc(CNc2ncnc3c2sc2nnc(C)c(C)c23)cn1. The Morgan fingerprint density at radius 1 is 1.14 bits per heavy atom. The molecule has 0 aliphatic carbocycles. The largest absolute Gasteiger partial charge is 0.475 e. The molecule has 1 atom stereocenters. The summed E-state index contributed by atoms with van der Waals surface area (Å²) in [6.45, 7) is 7.01. The number of ether oxygens (including phenoxy) is 2. The van der Waals surface area contributed by atoms with Crippen molar-refractivity contribution in [2.75, 3.05) is 19.0 Å². The number of nitrogens with zero attached hydrogens (tertiary/aromatic N) is 5. The second-order valence-corrected chi connectivity index (χ2v) is 7.81. The highest BCUT2D eigenvalue weighted by Crippen LogP contribution is 2.36. The van der Waals surface area contributed by atoms with Crippen LogP contribution in [0.3, 0.4) is 0 Å². The lowest BCUT2D eigenvalue weighted by Crippen LogP contribution is -2.16. The van der Waals surface area contributed by atoms with E-state index in [1.807, 2.05) is 26.0 Å². The minimum absolute atomic E-state index is 0.0248. The number of pyridine rings is 1. The number of aromatic nitrogens is 5. The summed E-state index contributed by atoms with van der Waals surface area (Å²) in [4.78, 5) is 14.1. The van der Waals surface area contributed by atoms with E-state index in [0.717, 1.165) is 43.1 Å². The average molecular weight is 411 g/mol. The van der Waals surface area contributed by atoms with Gasteiger partial charge in [-0.25, -0.2) is 15.0 Å². The molecule has 150 valence electrons. The summed E-state index contributed by atoms with van der Waals surface area (Å²) in [5.41, 5.74) is 3.95. The van der Waals surface area contributed by atoms with Crippen molar-refractivity contribution in [3.05, 3.63) is 41.5 Å². The minimum atomic E-state index is 0.0248. The fourth-order valence-electron chi connectivity index (χ4n) is 2.87. The van der Waals surface area contributed by atoms with E-state index in [9.17, 15) is 0 Å². The zero-order valence-corrected chi connectivity index (χ0v) is 17.6. The summed E-state index contributed by atoms with van der Waals surface area (Å²) in [5.74, 6) is 1.36. The van der Waals surface area contributed by atoms with Crippen LogP contribution in [0.2, 0.25) is 0 Å². The third-order valence-electron chi connectivity index (χ3n) is 4.79. The maximum Gasteiger partial charge on any atom is 0.213 e. The molecule has 4 heterocycles. The number of aryl methyl sites for hydroxylation is 2. The molecule has 1 N–H and O–H groups in total. The number of nitrogens with one attached hydrogen (secondary N) is 1. The third kappa shape index (κ3) is 3.96. The predicted molar refractivity (Wildman–Crippen MR) is 114 cm³/mol. The maximum atomic E-state index is 5.60. The Bertz CT molecular complexity index is 1150. The number of fused-ring (bicyclic) bond motifs is 3. The normalized spacial score (nSPS) is 12.4. The molecule has 0 spiro atoms. The van der Waals surface area contributed by atoms with Gasteiger partial charge in [0.15, 0.2) is 0 Å². The molecule has 0 saturated heterocycles. The molecule has 0 radical (unpaired) electrons. The molecule has 0 aliphatic heterocycles. The quantitative estimate of drug-likeness (QED) is 0.493. The van der Waals surface area contributed by atoms with E-state index >= 15 is 0 Å². The van der Waals surface area contributed by atoms with Gasteiger partial charge in [-0.05, 0) is 31.9 Å². The monoisotopic (exact) mass is 410 g/mol. The van der Waals surface area contributed by atoms with E-state index in [1.54, 1.807) is 31.0 Å². The molecule has 4 rings (SSSR count). The lowest BCUT2D eigenvalue weighted by Gasteiger charge is -2.11. The van der Waals surface area contributed by atoms with Crippen molar-refractivity contribution in [1.82, 2.24) is 25.1 Å². The second kappa shape index (κ2) is 8.22. The van der Waals surface area contributed by atoms with Crippen LogP contribution >= 0.6 is 11.3 Å². The minimum Gasteiger partial charge on any atom is -0.475 e. The lowest BCUT2D eigenvalue weighted by molar-refractivity contribution is 0.0699. The van der Waals surface area contributed by atoms with Crippen LogP contribution in [-0.2, 0) is 11.3 Å². The molecular weight excluding hydrogens is 388 g/mol. The lowest BCUT2D eigenvalue weighted by atomic mass is 10.1. The first-order valence-corrected chi connectivity index (χ1v) is 10.1. The van der Waals surface area contributed by atoms with Crippen LogP contribution in [0, 0.1) is 13.8 Å². The number of hydrogen-bond donors (Lipinski definition) is 1. The van der Waals surface area contributed by atoms with E-state index in [4.69, 9.17) is 9.47 Å². The Hall–Kier alpha value is -2.91. The van der Waals surface area contributed by atoms with Gasteiger partial charge in [0.25, 0.3) is 0 Å². The first-order valence-electron chi connectivity index (χ1n) is 9.28. The molecule has 8 nitrogen and oxygen atoms in total. The first kappa shape index (κ1) is 19.4. The summed E-state index contributed by atoms with van der Waals surface area (Å²) >= 11 is 1.55. The zero-order chi connectivity index (χ0) is 20.4. The highest BCUT2D eigenvalue weighted by Gasteiger charge is 2.15. The van der Waals surface area contributed by atoms with Gasteiger partial charge in [0.05, 0.1) is 22.0 Å². The molecule has 0 unspecified atom stereocenters. The van der Waals surface area contributed by atoms with Gasteiger partial charge >= 0.3 is 0 Å². The fourth-order valence-corrected chi connectivity index (χ4v) is 3.97. The molecule has 0 aromatic carbocycles. The third-order valence-corrected chi connectivity index (χ3v) is 5.86. The second-order valence-electron chi connectivity index (χ2n) is 6.81. The number of methoxy groups -OCH3 is 1. The van der Waals surface area contributed by atoms with Crippen LogP contribution in [0.5, 0.6) is 5.88 Å². The van der Waals surface area contributed by atoms with Gasteiger partial charge in [-0.1, -0.05) is 6.07 Å². The number of anilines is 1. The van der Waals surface area contributed by atoms with Gasteiger partial charge < -0.3 is 14.8 Å². The van der Waals surface area contributed by atoms with Crippen molar-refractivity contribution in [3.8, 4) is 5.88 Å². The molecule has 0 saturated carbocycles. The van der Waals surface area contributed by atoms with Gasteiger partial charge in [-0.15, -0.1) is 16.4 Å². The Kier molecular flexibility index (Phi) is 5.50. The summed E-state index contributed by atoms with van der Waals surface area (Å²) in [6.07, 6.45) is 3.40. The first-order chi connectivity index (χ1) is 14.1. The summed E-state index contributed by atoms with van der Waals surface area (Å²) < 4.78 is 11.8. The molecule has 0 fully saturated rings. The highest BCUT2D eigenvalue weighted by atomic mass is 32.1. The van der Waals surface area contributed by atoms with Crippen molar-refractivity contribution in [2.45, 2.75) is 33.4 Å². The molecular formula is C20H22N6O2S. The van der Waals surface area contributed by atoms with E-state index in [-0.39, 0.29) is 6.10 Å². The smallest absolute Gasteiger partial charge is 0.213 e. The van der Waals surface area contributed by atoms with Crippen molar-refractivity contribution < 1.29 is 9.47 Å². The summed E-state index contributed by atoms with van der Waals surface area (Å²) in [7, 11) is 1.66. The maximum absolute atomic E-state index is 5.60. The van der Waals surface area contributed by atoms with E-state index in [1.165, 1.54) is 0 Å². The van der Waals surface area contributed by atoms with Crippen molar-refractivity contribution in [1.29, 1.82) is 0 Å². The van der Waals surface area contributed by atoms with Gasteiger partial charge in [0.1, 0.15) is 23.6 Å². The molecule has 0 aliphatic rings. The molecule has 0 bridgehead atoms. The van der Waals surface area contributed by atoms with Crippen molar-refractivity contribution in [3.63, 3.8) is 0 Å². The van der Waals surface area contributed by atoms with Crippen LogP contribution in [0.25, 0.3) is 20.4 Å². The van der Waals surface area contributed by atoms with Crippen LogP contribution in [-0.4, -0.2) is 45.0 Å². The van der Waals surface area contributed by atoms with Crippen LogP contribution in [0.4, 0.5) is 5.82 Å². The van der Waals surface area contributed by atoms with Gasteiger partial charge in [0, 0.05) is 31.3 Å². The van der Waals surface area contributed by atoms with E-state index in [2.05, 4.69) is 37.4 Å². The van der Waals surface area contributed by atoms with Crippen LogP contribution in [0.1, 0.15) is 23.7 Å². The molecule has 4 aromatic rings. The van der Waals surface area contributed by atoms with Crippen LogP contribution < -0.4 is 10.1 Å². The van der Waals surface area contributed by atoms with Gasteiger partial charge in [-0.2, -0.15) is 5.10 Å². The van der Waals surface area contributed by atoms with Crippen LogP contribution in [0.15, 0.2) is 24.7 Å². The summed E-state index contributed by atoms with van der Waals surface area (Å²) in [5, 5.41) is 13.0. The molecule has 29 heavy (non-hydrogen) atoms. The van der Waals surface area contributed by atoms with Gasteiger partial charge in [-0.3, -0.25) is 0 Å². The Morgan fingerprint density at radius 3 is 2.76 bits per heavy atom. The number of thiophene rings is 1. The summed E-state index contributed by atoms with van der Waals surface area (Å²) in [6, 6.07) is 3.84. The molecule has 0 amide bonds. The fraction of sp³-hybridized carbons (Fsp3) is 0.350. The van der Waals surface area contributed by atoms with E-state index < -0.39 is 0 Å². The Morgan fingerprint density at radius 2 is 2.00 bits per heavy atom. The average Bonchev–Trinajstić information content (AvgIpc) is 3.13. The van der Waals surface area contributed by atoms with Crippen molar-refractivity contribution in [2.24, 2.45) is 0 Å². The molecule has 9 heteroatoms. The topological polar surface area (TPSA) is 94.9 Å². The van der Waals surface area contributed by atoms with Crippen molar-refractivity contribution >= 4 is 37.6 Å². The van der Waals surface area contributed by atoms with E-state index in [0.29, 0.717) is 19.0 Å². The highest BCUT2D eigenvalue weighted by molar-refractivity contribution is 7.25. The van der Waals surface area contributed by atoms with Gasteiger partial charge in [0.2, 0.25) is 5.88 Å². The number of hydrogen-bond acceptors (Lipinski definition) is 9. The molecule has 4 aromatic heterocycles. The predicted octanol–water partition coefficient (Wildman–Crippen LogP) is 3.67.